The molecule has 2 rings (SSSR count). The molecule has 0 aliphatic heterocycles. The normalized spacial score (nSPS) is 10.9. The Labute approximate surface area is 134 Å². The van der Waals surface area contributed by atoms with Crippen LogP contribution in [0.3, 0.4) is 0 Å². The third-order valence-corrected chi connectivity index (χ3v) is 5.00. The Hall–Kier alpha value is -1.34. The van der Waals surface area contributed by atoms with E-state index in [1.165, 1.54) is 30.0 Å². The Kier molecular flexibility index (Phi) is 5.05. The van der Waals surface area contributed by atoms with E-state index >= 15 is 0 Å². The van der Waals surface area contributed by atoms with Crippen molar-refractivity contribution < 1.29 is 14.3 Å². The summed E-state index contributed by atoms with van der Waals surface area (Å²) in [4.78, 5) is 11.3. The zero-order chi connectivity index (χ0) is 15.6. The van der Waals surface area contributed by atoms with Gasteiger partial charge < -0.3 is 5.11 Å². The fourth-order valence-corrected chi connectivity index (χ4v) is 3.85. The van der Waals surface area contributed by atoms with E-state index in [4.69, 9.17) is 5.11 Å². The standard InChI is InChI=1S/C14H14BrFN2O2S/c1-3-10-13(15)11(18(2)17-10)7-21-12-6-8(14(19)20)4-5-9(12)16/h4-6H,3,7H2,1-2H3,(H,19,20). The Morgan fingerprint density at radius 1 is 1.52 bits per heavy atom. The van der Waals surface area contributed by atoms with Crippen LogP contribution in [0.4, 0.5) is 4.39 Å². The first-order valence-electron chi connectivity index (χ1n) is 6.30. The number of carboxylic acids is 1. The Morgan fingerprint density at radius 3 is 2.81 bits per heavy atom. The minimum atomic E-state index is -1.06. The van der Waals surface area contributed by atoms with Crippen LogP contribution in [0, 0.1) is 5.82 Å². The number of nitrogens with zero attached hydrogens (tertiary/aromatic N) is 2. The van der Waals surface area contributed by atoms with Gasteiger partial charge in [0.2, 0.25) is 0 Å². The highest BCUT2D eigenvalue weighted by molar-refractivity contribution is 9.10. The maximum absolute atomic E-state index is 13.8. The molecule has 0 bridgehead atoms. The lowest BCUT2D eigenvalue weighted by molar-refractivity contribution is 0.0696. The quantitative estimate of drug-likeness (QED) is 0.809. The number of hydrogen-bond acceptors (Lipinski definition) is 3. The number of aromatic nitrogens is 2. The highest BCUT2D eigenvalue weighted by atomic mass is 79.9. The fraction of sp³-hybridized carbons (Fsp3) is 0.286. The van der Waals surface area contributed by atoms with E-state index in [1.807, 2.05) is 14.0 Å². The molecule has 0 fully saturated rings. The average Bonchev–Trinajstić information content (AvgIpc) is 2.72. The van der Waals surface area contributed by atoms with Crippen LogP contribution in [0.1, 0.15) is 28.7 Å². The van der Waals surface area contributed by atoms with Gasteiger partial charge in [0, 0.05) is 17.7 Å². The average molecular weight is 373 g/mol. The number of carbonyl (C=O) groups is 1. The van der Waals surface area contributed by atoms with Crippen molar-refractivity contribution in [1.29, 1.82) is 0 Å². The Morgan fingerprint density at radius 2 is 2.24 bits per heavy atom. The zero-order valence-corrected chi connectivity index (χ0v) is 14.0. The molecule has 0 radical (unpaired) electrons. The number of benzene rings is 1. The summed E-state index contributed by atoms with van der Waals surface area (Å²) in [5.74, 6) is -0.977. The highest BCUT2D eigenvalue weighted by Crippen LogP contribution is 2.30. The summed E-state index contributed by atoms with van der Waals surface area (Å²) in [5.41, 5.74) is 1.97. The van der Waals surface area contributed by atoms with E-state index in [9.17, 15) is 9.18 Å². The molecule has 0 spiro atoms. The fourth-order valence-electron chi connectivity index (χ4n) is 1.87. The lowest BCUT2D eigenvalue weighted by Gasteiger charge is -2.06. The molecule has 1 aromatic heterocycles. The van der Waals surface area contributed by atoms with Gasteiger partial charge in [-0.3, -0.25) is 4.68 Å². The van der Waals surface area contributed by atoms with Gasteiger partial charge in [-0.05, 0) is 40.5 Å². The summed E-state index contributed by atoms with van der Waals surface area (Å²) in [5, 5.41) is 13.3. The van der Waals surface area contributed by atoms with Crippen LogP contribution in [0.2, 0.25) is 0 Å². The number of carboxylic acid groups (broad SMARTS) is 1. The lowest BCUT2D eigenvalue weighted by Crippen LogP contribution is -1.99. The van der Waals surface area contributed by atoms with Gasteiger partial charge in [0.15, 0.2) is 0 Å². The molecular formula is C14H14BrFN2O2S. The van der Waals surface area contributed by atoms with Crippen molar-refractivity contribution in [3.8, 4) is 0 Å². The van der Waals surface area contributed by atoms with E-state index in [-0.39, 0.29) is 5.56 Å². The molecule has 0 saturated carbocycles. The number of thioether (sulfide) groups is 1. The van der Waals surface area contributed by atoms with Gasteiger partial charge in [-0.1, -0.05) is 6.92 Å². The molecule has 0 aliphatic rings. The van der Waals surface area contributed by atoms with E-state index in [1.54, 1.807) is 4.68 Å². The van der Waals surface area contributed by atoms with Crippen LogP contribution in [0.25, 0.3) is 0 Å². The molecule has 0 aliphatic carbocycles. The van der Waals surface area contributed by atoms with Gasteiger partial charge in [-0.25, -0.2) is 9.18 Å². The number of hydrogen-bond donors (Lipinski definition) is 1. The molecule has 1 heterocycles. The van der Waals surface area contributed by atoms with Gasteiger partial charge in [0.1, 0.15) is 5.82 Å². The minimum absolute atomic E-state index is 0.0808. The summed E-state index contributed by atoms with van der Waals surface area (Å²) in [6, 6.07) is 3.80. The third-order valence-electron chi connectivity index (χ3n) is 3.05. The van der Waals surface area contributed by atoms with Gasteiger partial charge >= 0.3 is 5.97 Å². The highest BCUT2D eigenvalue weighted by Gasteiger charge is 2.14. The molecule has 21 heavy (non-hydrogen) atoms. The molecule has 2 aromatic rings. The molecular weight excluding hydrogens is 359 g/mol. The van der Waals surface area contributed by atoms with Crippen LogP contribution >= 0.6 is 27.7 Å². The van der Waals surface area contributed by atoms with Crippen LogP contribution < -0.4 is 0 Å². The largest absolute Gasteiger partial charge is 0.478 e. The molecule has 7 heteroatoms. The SMILES string of the molecule is CCc1nn(C)c(CSc2cc(C(=O)O)ccc2F)c1Br. The van der Waals surface area contributed by atoms with Crippen molar-refractivity contribution in [2.45, 2.75) is 24.0 Å². The number of aromatic carboxylic acids is 1. The lowest BCUT2D eigenvalue weighted by atomic mass is 10.2. The topological polar surface area (TPSA) is 55.1 Å². The summed E-state index contributed by atoms with van der Waals surface area (Å²) < 4.78 is 16.4. The van der Waals surface area contributed by atoms with Gasteiger partial charge in [0.25, 0.3) is 0 Å². The van der Waals surface area contributed by atoms with Crippen LogP contribution in [-0.2, 0) is 19.2 Å². The predicted octanol–water partition coefficient (Wildman–Crippen LogP) is 3.87. The molecule has 0 unspecified atom stereocenters. The second-order valence-electron chi connectivity index (χ2n) is 4.42. The van der Waals surface area contributed by atoms with Crippen LogP contribution in [-0.4, -0.2) is 20.9 Å². The van der Waals surface area contributed by atoms with Crippen molar-refractivity contribution in [2.24, 2.45) is 7.05 Å². The molecule has 0 amide bonds. The van der Waals surface area contributed by atoms with Gasteiger partial charge in [0.05, 0.1) is 21.4 Å². The molecule has 0 atom stereocenters. The number of rotatable bonds is 5. The Balaban J connectivity index is 2.22. The summed E-state index contributed by atoms with van der Waals surface area (Å²) in [6.07, 6.45) is 0.807. The molecule has 1 N–H and O–H groups in total. The van der Waals surface area contributed by atoms with Crippen LogP contribution in [0.5, 0.6) is 0 Å². The van der Waals surface area contributed by atoms with E-state index < -0.39 is 11.8 Å². The first kappa shape index (κ1) is 16.0. The number of aryl methyl sites for hydroxylation is 2. The first-order valence-corrected chi connectivity index (χ1v) is 8.07. The third kappa shape index (κ3) is 3.47. The minimum Gasteiger partial charge on any atom is -0.478 e. The van der Waals surface area contributed by atoms with Gasteiger partial charge in [-0.2, -0.15) is 5.10 Å². The van der Waals surface area contributed by atoms with Crippen molar-refractivity contribution in [3.05, 3.63) is 45.4 Å². The number of halogens is 2. The Bertz CT molecular complexity index is 688. The second kappa shape index (κ2) is 6.62. The molecule has 1 aromatic carbocycles. The van der Waals surface area contributed by atoms with E-state index in [0.717, 1.165) is 22.3 Å². The van der Waals surface area contributed by atoms with Gasteiger partial charge in [-0.15, -0.1) is 11.8 Å². The monoisotopic (exact) mass is 372 g/mol. The second-order valence-corrected chi connectivity index (χ2v) is 6.23. The molecule has 0 saturated heterocycles. The van der Waals surface area contributed by atoms with Crippen molar-refractivity contribution >= 4 is 33.7 Å². The van der Waals surface area contributed by atoms with Crippen LogP contribution in [0.15, 0.2) is 27.6 Å². The smallest absolute Gasteiger partial charge is 0.335 e. The maximum Gasteiger partial charge on any atom is 0.335 e. The maximum atomic E-state index is 13.8. The molecule has 112 valence electrons. The van der Waals surface area contributed by atoms with E-state index in [0.29, 0.717) is 10.6 Å². The summed E-state index contributed by atoms with van der Waals surface area (Å²) in [6.45, 7) is 2.01. The van der Waals surface area contributed by atoms with E-state index in [2.05, 4.69) is 21.0 Å². The summed E-state index contributed by atoms with van der Waals surface area (Å²) in [7, 11) is 1.84. The zero-order valence-electron chi connectivity index (χ0n) is 11.6. The van der Waals surface area contributed by atoms with Crippen molar-refractivity contribution in [3.63, 3.8) is 0 Å². The predicted molar refractivity (Wildman–Crippen MR) is 83.2 cm³/mol. The van der Waals surface area contributed by atoms with Crippen molar-refractivity contribution in [1.82, 2.24) is 9.78 Å². The first-order chi connectivity index (χ1) is 9.93. The van der Waals surface area contributed by atoms with Crippen molar-refractivity contribution in [2.75, 3.05) is 0 Å². The summed E-state index contributed by atoms with van der Waals surface area (Å²) >= 11 is 4.76. The molecule has 4 nitrogen and oxygen atoms in total.